The zero-order chi connectivity index (χ0) is 16.5. The van der Waals surface area contributed by atoms with E-state index in [-0.39, 0.29) is 11.7 Å². The Hall–Kier alpha value is -1.78. The second-order valence-corrected chi connectivity index (χ2v) is 6.40. The lowest BCUT2D eigenvalue weighted by atomic mass is 10.2. The number of nitrogens with one attached hydrogen (secondary N) is 1. The summed E-state index contributed by atoms with van der Waals surface area (Å²) in [6.45, 7) is 0.602. The van der Waals surface area contributed by atoms with Gasteiger partial charge in [-0.25, -0.2) is 4.39 Å². The average molecular weight is 350 g/mol. The van der Waals surface area contributed by atoms with Gasteiger partial charge in [0.15, 0.2) is 0 Å². The largest absolute Gasteiger partial charge is 0.352 e. The molecule has 1 N–H and O–H groups in total. The summed E-state index contributed by atoms with van der Waals surface area (Å²) in [7, 11) is 0. The van der Waals surface area contributed by atoms with Crippen molar-refractivity contribution in [2.75, 3.05) is 12.3 Å². The fraction of sp³-hybridized carbons (Fsp3) is 0.167. The standard InChI is InChI=1S/C18H17ClFNOS/c19-16-6-1-15(2-7-16)13-23-12-11-21-18(22)10-5-14-3-8-17(20)9-4-14/h1-10H,11-13H2,(H,21,22). The molecule has 0 atom stereocenters. The Bertz CT molecular complexity index is 656. The summed E-state index contributed by atoms with van der Waals surface area (Å²) in [6.07, 6.45) is 3.12. The lowest BCUT2D eigenvalue weighted by Crippen LogP contribution is -2.23. The van der Waals surface area contributed by atoms with E-state index in [1.807, 2.05) is 24.3 Å². The maximum absolute atomic E-state index is 12.8. The fourth-order valence-corrected chi connectivity index (χ4v) is 2.77. The molecule has 120 valence electrons. The Morgan fingerprint density at radius 3 is 2.52 bits per heavy atom. The lowest BCUT2D eigenvalue weighted by Gasteiger charge is -2.03. The number of halogens is 2. The summed E-state index contributed by atoms with van der Waals surface area (Å²) in [5.41, 5.74) is 2.00. The number of carbonyl (C=O) groups excluding carboxylic acids is 1. The minimum atomic E-state index is -0.288. The fourth-order valence-electron chi connectivity index (χ4n) is 1.82. The smallest absolute Gasteiger partial charge is 0.244 e. The number of rotatable bonds is 7. The molecule has 2 nitrogen and oxygen atoms in total. The van der Waals surface area contributed by atoms with E-state index in [9.17, 15) is 9.18 Å². The van der Waals surface area contributed by atoms with E-state index in [2.05, 4.69) is 5.32 Å². The molecule has 0 heterocycles. The highest BCUT2D eigenvalue weighted by Gasteiger charge is 1.97. The zero-order valence-electron chi connectivity index (χ0n) is 12.5. The van der Waals surface area contributed by atoms with Crippen molar-refractivity contribution in [2.24, 2.45) is 0 Å². The highest BCUT2D eigenvalue weighted by molar-refractivity contribution is 7.98. The molecule has 0 bridgehead atoms. The van der Waals surface area contributed by atoms with Gasteiger partial charge in [-0.1, -0.05) is 35.9 Å². The first-order valence-electron chi connectivity index (χ1n) is 7.17. The zero-order valence-corrected chi connectivity index (χ0v) is 14.0. The third-order valence-electron chi connectivity index (χ3n) is 3.02. The van der Waals surface area contributed by atoms with Gasteiger partial charge < -0.3 is 5.32 Å². The molecule has 0 spiro atoms. The van der Waals surface area contributed by atoms with Crippen molar-refractivity contribution in [1.82, 2.24) is 5.32 Å². The Labute approximate surface area is 144 Å². The van der Waals surface area contributed by atoms with Gasteiger partial charge in [-0.05, 0) is 41.5 Å². The van der Waals surface area contributed by atoms with Crippen LogP contribution in [0.2, 0.25) is 5.02 Å². The molecule has 0 saturated heterocycles. The van der Waals surface area contributed by atoms with Gasteiger partial charge in [0.2, 0.25) is 5.91 Å². The molecule has 23 heavy (non-hydrogen) atoms. The number of hydrogen-bond acceptors (Lipinski definition) is 2. The normalized spacial score (nSPS) is 10.9. The molecule has 0 aromatic heterocycles. The summed E-state index contributed by atoms with van der Waals surface area (Å²) in [6, 6.07) is 13.7. The monoisotopic (exact) mass is 349 g/mol. The van der Waals surface area contributed by atoms with E-state index in [1.165, 1.54) is 23.8 Å². The second-order valence-electron chi connectivity index (χ2n) is 4.85. The van der Waals surface area contributed by atoms with E-state index in [1.54, 1.807) is 30.0 Å². The molecule has 0 radical (unpaired) electrons. The molecule has 0 unspecified atom stereocenters. The second kappa shape index (κ2) is 9.38. The predicted octanol–water partition coefficient (Wildman–Crippen LogP) is 4.54. The van der Waals surface area contributed by atoms with Gasteiger partial charge in [-0.2, -0.15) is 11.8 Å². The van der Waals surface area contributed by atoms with E-state index >= 15 is 0 Å². The van der Waals surface area contributed by atoms with Gasteiger partial charge in [0.05, 0.1) is 0 Å². The molecule has 1 amide bonds. The van der Waals surface area contributed by atoms with Crippen LogP contribution in [0.25, 0.3) is 6.08 Å². The van der Waals surface area contributed by atoms with Gasteiger partial charge in [-0.15, -0.1) is 0 Å². The number of carbonyl (C=O) groups is 1. The van der Waals surface area contributed by atoms with Crippen molar-refractivity contribution in [1.29, 1.82) is 0 Å². The minimum absolute atomic E-state index is 0.151. The van der Waals surface area contributed by atoms with Crippen LogP contribution in [0.1, 0.15) is 11.1 Å². The van der Waals surface area contributed by atoms with Gasteiger partial charge in [0.1, 0.15) is 5.82 Å². The Balaban J connectivity index is 1.63. The number of thioether (sulfide) groups is 1. The van der Waals surface area contributed by atoms with Crippen LogP contribution in [0.5, 0.6) is 0 Å². The van der Waals surface area contributed by atoms with Crippen molar-refractivity contribution < 1.29 is 9.18 Å². The SMILES string of the molecule is O=C(C=Cc1ccc(F)cc1)NCCSCc1ccc(Cl)cc1. The third kappa shape index (κ3) is 6.89. The van der Waals surface area contributed by atoms with Crippen LogP contribution in [-0.4, -0.2) is 18.2 Å². The molecule has 0 saturated carbocycles. The molecule has 2 rings (SSSR count). The first kappa shape index (κ1) is 17.6. The Morgan fingerprint density at radius 2 is 1.83 bits per heavy atom. The molecule has 2 aromatic carbocycles. The summed E-state index contributed by atoms with van der Waals surface area (Å²) in [4.78, 5) is 11.7. The average Bonchev–Trinajstić information content (AvgIpc) is 2.56. The van der Waals surface area contributed by atoms with E-state index < -0.39 is 0 Å². The molecule has 2 aromatic rings. The summed E-state index contributed by atoms with van der Waals surface area (Å²) >= 11 is 7.58. The van der Waals surface area contributed by atoms with Crippen LogP contribution < -0.4 is 5.32 Å². The van der Waals surface area contributed by atoms with Crippen molar-refractivity contribution in [3.8, 4) is 0 Å². The summed E-state index contributed by atoms with van der Waals surface area (Å²) in [5, 5.41) is 3.55. The highest BCUT2D eigenvalue weighted by atomic mass is 35.5. The Morgan fingerprint density at radius 1 is 1.13 bits per heavy atom. The maximum Gasteiger partial charge on any atom is 0.244 e. The maximum atomic E-state index is 12.8. The highest BCUT2D eigenvalue weighted by Crippen LogP contribution is 2.15. The van der Waals surface area contributed by atoms with E-state index in [0.717, 1.165) is 22.1 Å². The van der Waals surface area contributed by atoms with Gasteiger partial charge in [-0.3, -0.25) is 4.79 Å². The van der Waals surface area contributed by atoms with Gasteiger partial charge in [0, 0.05) is 29.1 Å². The first-order chi connectivity index (χ1) is 11.1. The van der Waals surface area contributed by atoms with Crippen LogP contribution in [0.4, 0.5) is 4.39 Å². The predicted molar refractivity (Wildman–Crippen MR) is 96.1 cm³/mol. The van der Waals surface area contributed by atoms with Crippen molar-refractivity contribution in [3.63, 3.8) is 0 Å². The van der Waals surface area contributed by atoms with Crippen LogP contribution in [-0.2, 0) is 10.5 Å². The van der Waals surface area contributed by atoms with Crippen LogP contribution in [0, 0.1) is 5.82 Å². The van der Waals surface area contributed by atoms with Gasteiger partial charge >= 0.3 is 0 Å². The van der Waals surface area contributed by atoms with Crippen molar-refractivity contribution in [2.45, 2.75) is 5.75 Å². The summed E-state index contributed by atoms with van der Waals surface area (Å²) < 4.78 is 12.8. The lowest BCUT2D eigenvalue weighted by molar-refractivity contribution is -0.116. The number of amides is 1. The quantitative estimate of drug-likeness (QED) is 0.587. The number of benzene rings is 2. The Kier molecular flexibility index (Phi) is 7.17. The molecule has 0 aliphatic heterocycles. The molecule has 0 aliphatic carbocycles. The number of hydrogen-bond donors (Lipinski definition) is 1. The molecule has 0 aliphatic rings. The van der Waals surface area contributed by atoms with Crippen molar-refractivity contribution >= 4 is 35.3 Å². The topological polar surface area (TPSA) is 29.1 Å². The third-order valence-corrected chi connectivity index (χ3v) is 4.31. The molecular formula is C18H17ClFNOS. The van der Waals surface area contributed by atoms with E-state index in [0.29, 0.717) is 6.54 Å². The van der Waals surface area contributed by atoms with Gasteiger partial charge in [0.25, 0.3) is 0 Å². The van der Waals surface area contributed by atoms with Crippen LogP contribution in [0.15, 0.2) is 54.6 Å². The minimum Gasteiger partial charge on any atom is -0.352 e. The molecular weight excluding hydrogens is 333 g/mol. The van der Waals surface area contributed by atoms with E-state index in [4.69, 9.17) is 11.6 Å². The summed E-state index contributed by atoms with van der Waals surface area (Å²) in [5.74, 6) is 1.28. The van der Waals surface area contributed by atoms with Crippen LogP contribution in [0.3, 0.4) is 0 Å². The van der Waals surface area contributed by atoms with Crippen LogP contribution >= 0.6 is 23.4 Å². The first-order valence-corrected chi connectivity index (χ1v) is 8.70. The van der Waals surface area contributed by atoms with Crippen molar-refractivity contribution in [3.05, 3.63) is 76.6 Å². The molecule has 0 fully saturated rings. The molecule has 5 heteroatoms.